The smallest absolute Gasteiger partial charge is 0.162 e. The van der Waals surface area contributed by atoms with E-state index in [1.807, 2.05) is 25.7 Å². The Balaban J connectivity index is 2.18. The number of rotatable bonds is 2. The van der Waals surface area contributed by atoms with Crippen molar-refractivity contribution in [1.29, 1.82) is 0 Å². The molecule has 1 aromatic heterocycles. The molecule has 0 atom stereocenters. The third kappa shape index (κ3) is 2.18. The van der Waals surface area contributed by atoms with Crippen molar-refractivity contribution in [2.45, 2.75) is 18.4 Å². The van der Waals surface area contributed by atoms with Crippen molar-refractivity contribution in [3.8, 4) is 11.4 Å². The second-order valence-corrected chi connectivity index (χ2v) is 5.51. The quantitative estimate of drug-likeness (QED) is 0.911. The molecule has 2 aromatic rings. The fourth-order valence-corrected chi connectivity index (χ4v) is 3.26. The lowest BCUT2D eigenvalue weighted by Crippen LogP contribution is -2.04. The molecule has 5 heteroatoms. The number of thioether (sulfide) groups is 1. The Morgan fingerprint density at radius 3 is 2.89 bits per heavy atom. The van der Waals surface area contributed by atoms with E-state index in [-0.39, 0.29) is 5.82 Å². The minimum absolute atomic E-state index is 0.259. The van der Waals surface area contributed by atoms with Crippen LogP contribution in [0.15, 0.2) is 18.2 Å². The standard InChI is InChI=1S/C14H14FN3S/c1-8-3-4-9(15)5-10(8)14-17-12-7-19-6-11(12)13(16-2)18-14/h3-5H,6-7H2,1-2H3,(H,16,17,18). The molecule has 0 amide bonds. The number of nitrogens with zero attached hydrogens (tertiary/aromatic N) is 2. The maximum Gasteiger partial charge on any atom is 0.162 e. The molecule has 0 fully saturated rings. The van der Waals surface area contributed by atoms with Crippen LogP contribution in [0.3, 0.4) is 0 Å². The molecule has 0 spiro atoms. The van der Waals surface area contributed by atoms with Crippen molar-refractivity contribution in [1.82, 2.24) is 9.97 Å². The molecule has 0 saturated heterocycles. The second-order valence-electron chi connectivity index (χ2n) is 4.52. The average molecular weight is 275 g/mol. The van der Waals surface area contributed by atoms with Gasteiger partial charge >= 0.3 is 0 Å². The summed E-state index contributed by atoms with van der Waals surface area (Å²) in [5, 5.41) is 3.11. The summed E-state index contributed by atoms with van der Waals surface area (Å²) in [6, 6.07) is 4.72. The van der Waals surface area contributed by atoms with Crippen LogP contribution in [0.4, 0.5) is 10.2 Å². The second kappa shape index (κ2) is 4.81. The van der Waals surface area contributed by atoms with Crippen LogP contribution >= 0.6 is 11.8 Å². The summed E-state index contributed by atoms with van der Waals surface area (Å²) in [7, 11) is 1.85. The summed E-state index contributed by atoms with van der Waals surface area (Å²) in [5.74, 6) is 3.03. The number of aromatic nitrogens is 2. The molecule has 1 N–H and O–H groups in total. The van der Waals surface area contributed by atoms with Crippen LogP contribution in [0.1, 0.15) is 16.8 Å². The molecule has 2 heterocycles. The first-order chi connectivity index (χ1) is 9.19. The van der Waals surface area contributed by atoms with Crippen LogP contribution in [0.5, 0.6) is 0 Å². The van der Waals surface area contributed by atoms with E-state index in [1.54, 1.807) is 6.07 Å². The van der Waals surface area contributed by atoms with Gasteiger partial charge in [-0.2, -0.15) is 11.8 Å². The van der Waals surface area contributed by atoms with Crippen LogP contribution in [0, 0.1) is 12.7 Å². The summed E-state index contributed by atoms with van der Waals surface area (Å²) in [5.41, 5.74) is 3.97. The minimum atomic E-state index is -0.259. The highest BCUT2D eigenvalue weighted by Gasteiger charge is 2.20. The van der Waals surface area contributed by atoms with Crippen LogP contribution in [-0.4, -0.2) is 17.0 Å². The Kier molecular flexibility index (Phi) is 3.14. The molecule has 1 aliphatic rings. The fourth-order valence-electron chi connectivity index (χ4n) is 2.21. The molecular formula is C14H14FN3S. The van der Waals surface area contributed by atoms with Gasteiger partial charge in [0.05, 0.1) is 5.69 Å². The number of hydrogen-bond donors (Lipinski definition) is 1. The summed E-state index contributed by atoms with van der Waals surface area (Å²) in [6.07, 6.45) is 0. The van der Waals surface area contributed by atoms with Gasteiger partial charge in [0.1, 0.15) is 11.6 Å². The van der Waals surface area contributed by atoms with E-state index >= 15 is 0 Å². The molecule has 0 saturated carbocycles. The molecule has 0 unspecified atom stereocenters. The predicted molar refractivity (Wildman–Crippen MR) is 76.7 cm³/mol. The Morgan fingerprint density at radius 1 is 1.26 bits per heavy atom. The average Bonchev–Trinajstić information content (AvgIpc) is 2.88. The Hall–Kier alpha value is -1.62. The van der Waals surface area contributed by atoms with Crippen LogP contribution < -0.4 is 5.32 Å². The molecule has 3 nitrogen and oxygen atoms in total. The largest absolute Gasteiger partial charge is 0.373 e. The van der Waals surface area contributed by atoms with Crippen LogP contribution in [-0.2, 0) is 11.5 Å². The molecule has 0 radical (unpaired) electrons. The Bertz CT molecular complexity index is 643. The zero-order valence-electron chi connectivity index (χ0n) is 10.8. The van der Waals surface area contributed by atoms with Crippen molar-refractivity contribution < 1.29 is 4.39 Å². The normalized spacial score (nSPS) is 13.4. The summed E-state index contributed by atoms with van der Waals surface area (Å²) < 4.78 is 13.4. The van der Waals surface area contributed by atoms with Crippen molar-refractivity contribution in [2.24, 2.45) is 0 Å². The molecule has 3 rings (SSSR count). The van der Waals surface area contributed by atoms with E-state index < -0.39 is 0 Å². The number of hydrogen-bond acceptors (Lipinski definition) is 4. The monoisotopic (exact) mass is 275 g/mol. The lowest BCUT2D eigenvalue weighted by atomic mass is 10.1. The van der Waals surface area contributed by atoms with E-state index in [4.69, 9.17) is 0 Å². The summed E-state index contributed by atoms with van der Waals surface area (Å²) in [4.78, 5) is 9.13. The van der Waals surface area contributed by atoms with Gasteiger partial charge < -0.3 is 5.32 Å². The molecule has 0 bridgehead atoms. The number of aryl methyl sites for hydroxylation is 1. The molecule has 0 aliphatic carbocycles. The Labute approximate surface area is 115 Å². The zero-order valence-corrected chi connectivity index (χ0v) is 11.6. The lowest BCUT2D eigenvalue weighted by Gasteiger charge is -2.10. The number of halogens is 1. The predicted octanol–water partition coefficient (Wildman–Crippen LogP) is 3.38. The topological polar surface area (TPSA) is 37.8 Å². The van der Waals surface area contributed by atoms with Gasteiger partial charge in [-0.05, 0) is 24.6 Å². The third-order valence-corrected chi connectivity index (χ3v) is 4.23. The highest BCUT2D eigenvalue weighted by atomic mass is 32.2. The molecule has 1 aliphatic heterocycles. The Morgan fingerprint density at radius 2 is 2.11 bits per heavy atom. The first kappa shape index (κ1) is 12.4. The highest BCUT2D eigenvalue weighted by Crippen LogP contribution is 2.34. The van der Waals surface area contributed by atoms with E-state index in [0.29, 0.717) is 5.82 Å². The van der Waals surface area contributed by atoms with Gasteiger partial charge in [0, 0.05) is 29.7 Å². The van der Waals surface area contributed by atoms with E-state index in [9.17, 15) is 4.39 Å². The number of fused-ring (bicyclic) bond motifs is 1. The van der Waals surface area contributed by atoms with Gasteiger partial charge in [-0.15, -0.1) is 0 Å². The third-order valence-electron chi connectivity index (χ3n) is 3.26. The van der Waals surface area contributed by atoms with E-state index in [0.717, 1.165) is 34.1 Å². The molecule has 19 heavy (non-hydrogen) atoms. The summed E-state index contributed by atoms with van der Waals surface area (Å²) in [6.45, 7) is 1.94. The molecular weight excluding hydrogens is 261 g/mol. The SMILES string of the molecule is CNc1nc(-c2cc(F)ccc2C)nc2c1CSC2. The number of benzene rings is 1. The van der Waals surface area contributed by atoms with E-state index in [2.05, 4.69) is 15.3 Å². The van der Waals surface area contributed by atoms with Gasteiger partial charge in [-0.25, -0.2) is 14.4 Å². The first-order valence-corrected chi connectivity index (χ1v) is 7.26. The minimum Gasteiger partial charge on any atom is -0.373 e. The number of nitrogens with one attached hydrogen (secondary N) is 1. The molecule has 98 valence electrons. The van der Waals surface area contributed by atoms with Crippen molar-refractivity contribution in [3.05, 3.63) is 40.8 Å². The van der Waals surface area contributed by atoms with Gasteiger partial charge in [0.25, 0.3) is 0 Å². The van der Waals surface area contributed by atoms with Gasteiger partial charge in [-0.1, -0.05) is 6.07 Å². The maximum absolute atomic E-state index is 13.4. The van der Waals surface area contributed by atoms with Gasteiger partial charge in [0.2, 0.25) is 0 Å². The molecule has 1 aromatic carbocycles. The van der Waals surface area contributed by atoms with E-state index in [1.165, 1.54) is 17.7 Å². The van der Waals surface area contributed by atoms with Crippen molar-refractivity contribution in [2.75, 3.05) is 12.4 Å². The number of anilines is 1. The van der Waals surface area contributed by atoms with Crippen molar-refractivity contribution >= 4 is 17.6 Å². The van der Waals surface area contributed by atoms with Crippen LogP contribution in [0.2, 0.25) is 0 Å². The van der Waals surface area contributed by atoms with Gasteiger partial charge in [0.15, 0.2) is 5.82 Å². The van der Waals surface area contributed by atoms with Crippen molar-refractivity contribution in [3.63, 3.8) is 0 Å². The van der Waals surface area contributed by atoms with Crippen LogP contribution in [0.25, 0.3) is 11.4 Å². The zero-order chi connectivity index (χ0) is 13.4. The van der Waals surface area contributed by atoms with Gasteiger partial charge in [-0.3, -0.25) is 0 Å². The summed E-state index contributed by atoms with van der Waals surface area (Å²) >= 11 is 1.83. The highest BCUT2D eigenvalue weighted by molar-refractivity contribution is 7.98. The maximum atomic E-state index is 13.4. The first-order valence-electron chi connectivity index (χ1n) is 6.11. The fraction of sp³-hybridized carbons (Fsp3) is 0.286. The lowest BCUT2D eigenvalue weighted by molar-refractivity contribution is 0.627.